The van der Waals surface area contributed by atoms with Gasteiger partial charge in [0.2, 0.25) is 5.91 Å². The predicted molar refractivity (Wildman–Crippen MR) is 82.5 cm³/mol. The molecule has 1 atom stereocenters. The van der Waals surface area contributed by atoms with Crippen molar-refractivity contribution in [1.82, 2.24) is 9.80 Å². The van der Waals surface area contributed by atoms with Crippen LogP contribution in [0, 0.1) is 5.41 Å². The van der Waals surface area contributed by atoms with Gasteiger partial charge in [-0.05, 0) is 45.2 Å². The minimum absolute atomic E-state index is 0.296. The van der Waals surface area contributed by atoms with Gasteiger partial charge >= 0.3 is 0 Å². The van der Waals surface area contributed by atoms with E-state index in [4.69, 9.17) is 5.73 Å². The van der Waals surface area contributed by atoms with Crippen LogP contribution in [0.15, 0.2) is 0 Å². The van der Waals surface area contributed by atoms with Crippen molar-refractivity contribution in [3.05, 3.63) is 0 Å². The summed E-state index contributed by atoms with van der Waals surface area (Å²) in [5.74, 6) is 0.296. The first-order valence-corrected chi connectivity index (χ1v) is 8.40. The fourth-order valence-electron chi connectivity index (χ4n) is 3.77. The molecular formula is C16H31N3O. The third-order valence-electron chi connectivity index (χ3n) is 5.56. The Balaban J connectivity index is 1.95. The summed E-state index contributed by atoms with van der Waals surface area (Å²) in [5, 5.41) is 0. The summed E-state index contributed by atoms with van der Waals surface area (Å²) in [6.07, 6.45) is 6.85. The highest BCUT2D eigenvalue weighted by atomic mass is 16.2. The molecule has 2 aliphatic rings. The summed E-state index contributed by atoms with van der Waals surface area (Å²) in [4.78, 5) is 17.5. The van der Waals surface area contributed by atoms with Crippen molar-refractivity contribution in [1.29, 1.82) is 0 Å². The molecule has 0 aromatic carbocycles. The summed E-state index contributed by atoms with van der Waals surface area (Å²) < 4.78 is 0. The van der Waals surface area contributed by atoms with Gasteiger partial charge in [-0.3, -0.25) is 9.69 Å². The second-order valence-electron chi connectivity index (χ2n) is 6.48. The van der Waals surface area contributed by atoms with Crippen molar-refractivity contribution in [3.8, 4) is 0 Å². The molecule has 2 saturated heterocycles. The molecular weight excluding hydrogens is 250 g/mol. The van der Waals surface area contributed by atoms with Gasteiger partial charge in [0.05, 0.1) is 5.41 Å². The van der Waals surface area contributed by atoms with Gasteiger partial charge < -0.3 is 10.6 Å². The van der Waals surface area contributed by atoms with E-state index in [0.29, 0.717) is 18.5 Å². The first-order valence-electron chi connectivity index (χ1n) is 8.40. The molecule has 116 valence electrons. The lowest BCUT2D eigenvalue weighted by Crippen LogP contribution is -2.48. The van der Waals surface area contributed by atoms with Crippen LogP contribution in [0.5, 0.6) is 0 Å². The number of hydrogen-bond acceptors (Lipinski definition) is 3. The third-order valence-corrected chi connectivity index (χ3v) is 5.56. The molecule has 0 saturated carbocycles. The fourth-order valence-corrected chi connectivity index (χ4v) is 3.77. The number of amides is 1. The summed E-state index contributed by atoms with van der Waals surface area (Å²) in [6, 6.07) is 0.587. The molecule has 0 aliphatic carbocycles. The Kier molecular flexibility index (Phi) is 5.44. The van der Waals surface area contributed by atoms with Crippen LogP contribution in [0.4, 0.5) is 0 Å². The van der Waals surface area contributed by atoms with E-state index < -0.39 is 0 Å². The largest absolute Gasteiger partial charge is 0.341 e. The lowest BCUT2D eigenvalue weighted by atomic mass is 9.81. The molecule has 2 rings (SSSR count). The molecule has 0 spiro atoms. The van der Waals surface area contributed by atoms with E-state index in [2.05, 4.69) is 23.6 Å². The maximum atomic E-state index is 12.8. The standard InChI is InChI=1S/C16H31N3O/c1-3-16(4-2,13-17)15(20)19-11-8-14(12-19)18-9-6-5-7-10-18/h14H,3-13,17H2,1-2H3. The Bertz CT molecular complexity index is 313. The number of piperidine rings is 1. The highest BCUT2D eigenvalue weighted by molar-refractivity contribution is 5.83. The van der Waals surface area contributed by atoms with Crippen LogP contribution >= 0.6 is 0 Å². The average molecular weight is 281 g/mol. The van der Waals surface area contributed by atoms with Crippen LogP contribution in [-0.2, 0) is 4.79 Å². The monoisotopic (exact) mass is 281 g/mol. The van der Waals surface area contributed by atoms with Crippen LogP contribution in [0.2, 0.25) is 0 Å². The number of carbonyl (C=O) groups is 1. The van der Waals surface area contributed by atoms with E-state index in [9.17, 15) is 4.79 Å². The molecule has 0 aromatic rings. The lowest BCUT2D eigenvalue weighted by Gasteiger charge is -2.35. The Labute approximate surface area is 123 Å². The van der Waals surface area contributed by atoms with Gasteiger partial charge in [-0.25, -0.2) is 0 Å². The van der Waals surface area contributed by atoms with Crippen molar-refractivity contribution in [2.75, 3.05) is 32.7 Å². The van der Waals surface area contributed by atoms with Crippen LogP contribution < -0.4 is 5.73 Å². The Hall–Kier alpha value is -0.610. The van der Waals surface area contributed by atoms with E-state index in [0.717, 1.165) is 32.4 Å². The number of likely N-dealkylation sites (tertiary alicyclic amines) is 2. The maximum absolute atomic E-state index is 12.8. The van der Waals surface area contributed by atoms with E-state index >= 15 is 0 Å². The highest BCUT2D eigenvalue weighted by Crippen LogP contribution is 2.30. The number of carbonyl (C=O) groups excluding carboxylic acids is 1. The summed E-state index contributed by atoms with van der Waals surface area (Å²) in [6.45, 7) is 8.93. The van der Waals surface area contributed by atoms with Crippen molar-refractivity contribution >= 4 is 5.91 Å². The molecule has 2 N–H and O–H groups in total. The quantitative estimate of drug-likeness (QED) is 0.836. The van der Waals surface area contributed by atoms with Crippen LogP contribution in [-0.4, -0.2) is 54.5 Å². The number of nitrogens with two attached hydrogens (primary N) is 1. The second kappa shape index (κ2) is 6.90. The Morgan fingerprint density at radius 1 is 1.15 bits per heavy atom. The molecule has 4 heteroatoms. The summed E-state index contributed by atoms with van der Waals surface area (Å²) >= 11 is 0. The van der Waals surface area contributed by atoms with Gasteiger partial charge in [-0.2, -0.15) is 0 Å². The van der Waals surface area contributed by atoms with Gasteiger partial charge in [-0.1, -0.05) is 20.3 Å². The van der Waals surface area contributed by atoms with Gasteiger partial charge in [0.25, 0.3) is 0 Å². The zero-order valence-corrected chi connectivity index (χ0v) is 13.2. The minimum atomic E-state index is -0.323. The van der Waals surface area contributed by atoms with Crippen molar-refractivity contribution in [2.45, 2.75) is 58.4 Å². The summed E-state index contributed by atoms with van der Waals surface area (Å²) in [5.41, 5.74) is 5.59. The molecule has 0 bridgehead atoms. The second-order valence-corrected chi connectivity index (χ2v) is 6.48. The van der Waals surface area contributed by atoms with E-state index in [1.807, 2.05) is 0 Å². The van der Waals surface area contributed by atoms with Crippen molar-refractivity contribution in [2.24, 2.45) is 11.1 Å². The maximum Gasteiger partial charge on any atom is 0.230 e. The molecule has 4 nitrogen and oxygen atoms in total. The van der Waals surface area contributed by atoms with E-state index in [-0.39, 0.29) is 5.41 Å². The fraction of sp³-hybridized carbons (Fsp3) is 0.938. The Morgan fingerprint density at radius 3 is 2.35 bits per heavy atom. The number of nitrogens with zero attached hydrogens (tertiary/aromatic N) is 2. The first-order chi connectivity index (χ1) is 9.66. The van der Waals surface area contributed by atoms with Gasteiger partial charge in [0.1, 0.15) is 0 Å². The third kappa shape index (κ3) is 3.01. The molecule has 1 unspecified atom stereocenters. The molecule has 2 heterocycles. The molecule has 2 fully saturated rings. The molecule has 0 radical (unpaired) electrons. The van der Waals surface area contributed by atoms with E-state index in [1.54, 1.807) is 0 Å². The van der Waals surface area contributed by atoms with Crippen LogP contribution in [0.3, 0.4) is 0 Å². The zero-order chi connectivity index (χ0) is 14.6. The van der Waals surface area contributed by atoms with E-state index in [1.165, 1.54) is 32.4 Å². The molecule has 2 aliphatic heterocycles. The summed E-state index contributed by atoms with van der Waals surface area (Å²) in [7, 11) is 0. The normalized spacial score (nSPS) is 25.1. The number of hydrogen-bond donors (Lipinski definition) is 1. The predicted octanol–water partition coefficient (Wildman–Crippen LogP) is 1.84. The van der Waals surface area contributed by atoms with Gasteiger partial charge in [0, 0.05) is 25.7 Å². The molecule has 20 heavy (non-hydrogen) atoms. The van der Waals surface area contributed by atoms with Crippen LogP contribution in [0.25, 0.3) is 0 Å². The van der Waals surface area contributed by atoms with Gasteiger partial charge in [0.15, 0.2) is 0 Å². The van der Waals surface area contributed by atoms with Crippen molar-refractivity contribution in [3.63, 3.8) is 0 Å². The highest BCUT2D eigenvalue weighted by Gasteiger charge is 2.40. The van der Waals surface area contributed by atoms with Crippen molar-refractivity contribution < 1.29 is 4.79 Å². The smallest absolute Gasteiger partial charge is 0.230 e. The number of rotatable bonds is 5. The lowest BCUT2D eigenvalue weighted by molar-refractivity contribution is -0.141. The molecule has 1 amide bonds. The average Bonchev–Trinajstić information content (AvgIpc) is 3.00. The minimum Gasteiger partial charge on any atom is -0.341 e. The molecule has 0 aromatic heterocycles. The zero-order valence-electron chi connectivity index (χ0n) is 13.2. The topological polar surface area (TPSA) is 49.6 Å². The SMILES string of the molecule is CCC(CC)(CN)C(=O)N1CCC(N2CCCCC2)C1. The van der Waals surface area contributed by atoms with Crippen LogP contribution in [0.1, 0.15) is 52.4 Å². The first kappa shape index (κ1) is 15.8. The van der Waals surface area contributed by atoms with Gasteiger partial charge in [-0.15, -0.1) is 0 Å². The Morgan fingerprint density at radius 2 is 1.80 bits per heavy atom.